The normalized spacial score (nSPS) is 21.6. The van der Waals surface area contributed by atoms with Crippen LogP contribution < -0.4 is 16.6 Å². The van der Waals surface area contributed by atoms with E-state index in [-0.39, 0.29) is 29.2 Å². The Morgan fingerprint density at radius 1 is 1.05 bits per heavy atom. The molecule has 1 aliphatic heterocycles. The van der Waals surface area contributed by atoms with Gasteiger partial charge in [0, 0.05) is 23.1 Å². The molecule has 2 aliphatic rings. The van der Waals surface area contributed by atoms with Crippen LogP contribution in [-0.4, -0.2) is 42.7 Å². The Morgan fingerprint density at radius 3 is 2.38 bits per heavy atom. The lowest BCUT2D eigenvalue weighted by Crippen LogP contribution is -2.47. The van der Waals surface area contributed by atoms with E-state index < -0.39 is 29.1 Å². The van der Waals surface area contributed by atoms with E-state index in [9.17, 15) is 23.9 Å². The van der Waals surface area contributed by atoms with E-state index in [1.54, 1.807) is 28.8 Å². The Bertz CT molecular complexity index is 1410. The van der Waals surface area contributed by atoms with Crippen LogP contribution in [0.25, 0.3) is 11.0 Å². The highest BCUT2D eigenvalue weighted by molar-refractivity contribution is 7.99. The molecule has 1 unspecified atom stereocenters. The highest BCUT2D eigenvalue weighted by Gasteiger charge is 2.30. The highest BCUT2D eigenvalue weighted by atomic mass is 35.5. The SMILES string of the molecule is O=C(NC1CCC(n2c(=O)c3cc(F)cnc3n(C3CCSCC3)c2=O)CC1)C(O)c1ccc(Cl)cc1. The molecule has 11 heteroatoms. The molecule has 2 fully saturated rings. The standard InChI is InChI=1S/C26H28ClFN4O4S/c27-16-3-1-15(2-4-16)22(33)24(34)30-18-5-7-19(8-6-18)32-25(35)21-13-17(28)14-29-23(21)31(26(32)36)20-9-11-37-12-10-20/h1-4,13-14,18-20,22,33H,5-12H2,(H,30,34). The van der Waals surface area contributed by atoms with Crippen LogP contribution in [0.3, 0.4) is 0 Å². The summed E-state index contributed by atoms with van der Waals surface area (Å²) in [5.41, 5.74) is -0.249. The third-order valence-electron chi connectivity index (χ3n) is 7.32. The molecule has 1 saturated carbocycles. The third kappa shape index (κ3) is 5.32. The van der Waals surface area contributed by atoms with Crippen molar-refractivity contribution >= 4 is 40.3 Å². The Labute approximate surface area is 221 Å². The minimum atomic E-state index is -1.32. The molecule has 0 bridgehead atoms. The minimum absolute atomic E-state index is 0.0916. The maximum absolute atomic E-state index is 14.1. The summed E-state index contributed by atoms with van der Waals surface area (Å²) in [5.74, 6) is 0.691. The van der Waals surface area contributed by atoms with Gasteiger partial charge in [0.05, 0.1) is 11.6 Å². The lowest BCUT2D eigenvalue weighted by atomic mass is 9.90. The molecule has 0 spiro atoms. The number of rotatable bonds is 5. The first kappa shape index (κ1) is 25.9. The third-order valence-corrected chi connectivity index (χ3v) is 8.62. The van der Waals surface area contributed by atoms with Gasteiger partial charge in [-0.25, -0.2) is 14.2 Å². The summed E-state index contributed by atoms with van der Waals surface area (Å²) in [5, 5.41) is 13.9. The summed E-state index contributed by atoms with van der Waals surface area (Å²) in [6.45, 7) is 0. The Hall–Kier alpha value is -2.69. The zero-order valence-electron chi connectivity index (χ0n) is 20.1. The van der Waals surface area contributed by atoms with Crippen LogP contribution in [0.2, 0.25) is 5.02 Å². The van der Waals surface area contributed by atoms with Crippen LogP contribution >= 0.6 is 23.4 Å². The smallest absolute Gasteiger partial charge is 0.333 e. The van der Waals surface area contributed by atoms with E-state index in [1.807, 2.05) is 11.8 Å². The molecular weight excluding hydrogens is 519 g/mol. The number of nitrogens with one attached hydrogen (secondary N) is 1. The molecule has 1 saturated heterocycles. The number of carbonyl (C=O) groups is 1. The monoisotopic (exact) mass is 546 g/mol. The molecule has 3 aromatic rings. The second-order valence-electron chi connectivity index (χ2n) is 9.66. The van der Waals surface area contributed by atoms with Gasteiger partial charge in [0.25, 0.3) is 11.5 Å². The van der Waals surface area contributed by atoms with Gasteiger partial charge in [0.1, 0.15) is 11.5 Å². The van der Waals surface area contributed by atoms with Crippen LogP contribution in [0, 0.1) is 5.82 Å². The zero-order chi connectivity index (χ0) is 26.1. The molecule has 0 radical (unpaired) electrons. The van der Waals surface area contributed by atoms with Gasteiger partial charge >= 0.3 is 5.69 Å². The number of fused-ring (bicyclic) bond motifs is 1. The van der Waals surface area contributed by atoms with Crippen molar-refractivity contribution in [2.75, 3.05) is 11.5 Å². The van der Waals surface area contributed by atoms with Gasteiger partial charge < -0.3 is 10.4 Å². The van der Waals surface area contributed by atoms with Crippen molar-refractivity contribution in [1.29, 1.82) is 0 Å². The molecule has 2 aromatic heterocycles. The maximum Gasteiger partial charge on any atom is 0.333 e. The van der Waals surface area contributed by atoms with Gasteiger partial charge in [-0.1, -0.05) is 23.7 Å². The fraction of sp³-hybridized carbons (Fsp3) is 0.462. The Morgan fingerprint density at radius 2 is 1.70 bits per heavy atom. The molecular formula is C26H28ClFN4O4S. The molecule has 5 rings (SSSR count). The quantitative estimate of drug-likeness (QED) is 0.505. The van der Waals surface area contributed by atoms with Crippen LogP contribution in [0.5, 0.6) is 0 Å². The number of aromatic nitrogens is 3. The largest absolute Gasteiger partial charge is 0.378 e. The predicted molar refractivity (Wildman–Crippen MR) is 142 cm³/mol. The van der Waals surface area contributed by atoms with E-state index in [4.69, 9.17) is 11.6 Å². The number of halogens is 2. The number of thioether (sulfide) groups is 1. The summed E-state index contributed by atoms with van der Waals surface area (Å²) in [6, 6.07) is 6.93. The lowest BCUT2D eigenvalue weighted by Gasteiger charge is -2.32. The summed E-state index contributed by atoms with van der Waals surface area (Å²) in [4.78, 5) is 43.8. The van der Waals surface area contributed by atoms with Crippen molar-refractivity contribution < 1.29 is 14.3 Å². The topological polar surface area (TPSA) is 106 Å². The molecule has 3 heterocycles. The molecule has 1 amide bonds. The number of pyridine rings is 1. The molecule has 196 valence electrons. The number of benzene rings is 1. The lowest BCUT2D eigenvalue weighted by molar-refractivity contribution is -0.130. The molecule has 37 heavy (non-hydrogen) atoms. The van der Waals surface area contributed by atoms with Crippen LogP contribution in [0.1, 0.15) is 62.3 Å². The van der Waals surface area contributed by atoms with Crippen molar-refractivity contribution in [3.8, 4) is 0 Å². The van der Waals surface area contributed by atoms with Gasteiger partial charge in [-0.3, -0.25) is 18.7 Å². The van der Waals surface area contributed by atoms with Gasteiger partial charge in [0.15, 0.2) is 6.10 Å². The van der Waals surface area contributed by atoms with E-state index in [1.165, 1.54) is 10.6 Å². The van der Waals surface area contributed by atoms with E-state index >= 15 is 0 Å². The van der Waals surface area contributed by atoms with Crippen molar-refractivity contribution in [2.45, 2.75) is 62.8 Å². The first-order chi connectivity index (χ1) is 17.8. The van der Waals surface area contributed by atoms with Crippen LogP contribution in [-0.2, 0) is 4.79 Å². The second kappa shape index (κ2) is 11.0. The number of aliphatic hydroxyl groups is 1. The summed E-state index contributed by atoms with van der Waals surface area (Å²) in [6.07, 6.45) is 3.35. The van der Waals surface area contributed by atoms with Crippen LogP contribution in [0.4, 0.5) is 4.39 Å². The fourth-order valence-electron chi connectivity index (χ4n) is 5.35. The van der Waals surface area contributed by atoms with Gasteiger partial charge in [-0.05, 0) is 73.8 Å². The number of carbonyl (C=O) groups excluding carboxylic acids is 1. The summed E-state index contributed by atoms with van der Waals surface area (Å²) in [7, 11) is 0. The van der Waals surface area contributed by atoms with E-state index in [0.717, 1.165) is 30.5 Å². The zero-order valence-corrected chi connectivity index (χ0v) is 21.7. The highest BCUT2D eigenvalue weighted by Crippen LogP contribution is 2.30. The van der Waals surface area contributed by atoms with Crippen molar-refractivity contribution in [3.63, 3.8) is 0 Å². The number of nitrogens with zero attached hydrogens (tertiary/aromatic N) is 3. The molecule has 1 aromatic carbocycles. The predicted octanol–water partition coefficient (Wildman–Crippen LogP) is 3.75. The summed E-state index contributed by atoms with van der Waals surface area (Å²) >= 11 is 7.70. The first-order valence-electron chi connectivity index (χ1n) is 12.5. The Balaban J connectivity index is 1.36. The molecule has 2 N–H and O–H groups in total. The summed E-state index contributed by atoms with van der Waals surface area (Å²) < 4.78 is 16.9. The number of hydrogen-bond acceptors (Lipinski definition) is 6. The van der Waals surface area contributed by atoms with Crippen molar-refractivity contribution in [2.24, 2.45) is 0 Å². The fourth-order valence-corrected chi connectivity index (χ4v) is 6.56. The molecule has 8 nitrogen and oxygen atoms in total. The Kier molecular flexibility index (Phi) is 7.69. The van der Waals surface area contributed by atoms with E-state index in [2.05, 4.69) is 10.3 Å². The molecule has 1 aliphatic carbocycles. The van der Waals surface area contributed by atoms with Gasteiger partial charge in [-0.15, -0.1) is 0 Å². The minimum Gasteiger partial charge on any atom is -0.378 e. The van der Waals surface area contributed by atoms with Gasteiger partial charge in [-0.2, -0.15) is 11.8 Å². The van der Waals surface area contributed by atoms with Gasteiger partial charge in [0.2, 0.25) is 0 Å². The first-order valence-corrected chi connectivity index (χ1v) is 14.0. The molecule has 1 atom stereocenters. The average molecular weight is 547 g/mol. The average Bonchev–Trinajstić information content (AvgIpc) is 2.91. The number of aliphatic hydroxyl groups excluding tert-OH is 1. The van der Waals surface area contributed by atoms with E-state index in [0.29, 0.717) is 36.3 Å². The van der Waals surface area contributed by atoms with Crippen molar-refractivity contribution in [1.82, 2.24) is 19.4 Å². The van der Waals surface area contributed by atoms with Crippen molar-refractivity contribution in [3.05, 3.63) is 73.8 Å². The van der Waals surface area contributed by atoms with Crippen LogP contribution in [0.15, 0.2) is 46.1 Å². The number of amides is 1. The second-order valence-corrected chi connectivity index (χ2v) is 11.3. The number of hydrogen-bond donors (Lipinski definition) is 2. The maximum atomic E-state index is 14.1.